The second kappa shape index (κ2) is 6.41. The Bertz CT molecular complexity index is 541. The maximum atomic E-state index is 6.05. The van der Waals surface area contributed by atoms with Gasteiger partial charge in [-0.15, -0.1) is 0 Å². The van der Waals surface area contributed by atoms with Crippen molar-refractivity contribution in [3.8, 4) is 0 Å². The summed E-state index contributed by atoms with van der Waals surface area (Å²) in [5, 5.41) is 3.93. The van der Waals surface area contributed by atoms with Crippen LogP contribution in [0.5, 0.6) is 0 Å². The zero-order valence-electron chi connectivity index (χ0n) is 10.6. The number of hydrogen-bond acceptors (Lipinski definition) is 1. The highest BCUT2D eigenvalue weighted by Gasteiger charge is 2.21. The largest absolute Gasteiger partial charge is 0.0876 e. The van der Waals surface area contributed by atoms with E-state index < -0.39 is 6.04 Å². The fourth-order valence-electron chi connectivity index (χ4n) is 2.09. The maximum Gasteiger partial charge on any atom is 0.0406 e. The molecule has 4 heteroatoms. The molecule has 0 unspecified atom stereocenters. The van der Waals surface area contributed by atoms with Crippen molar-refractivity contribution in [2.75, 3.05) is 6.16 Å². The monoisotopic (exact) mass is 328 g/mol. The average molecular weight is 329 g/mol. The van der Waals surface area contributed by atoms with Gasteiger partial charge in [0.15, 0.2) is 0 Å². The second-order valence-electron chi connectivity index (χ2n) is 4.42. The van der Waals surface area contributed by atoms with Gasteiger partial charge in [0, 0.05) is 16.1 Å². The molecule has 0 saturated carbocycles. The van der Waals surface area contributed by atoms with Crippen LogP contribution in [0.15, 0.2) is 48.5 Å². The Labute approximate surface area is 129 Å². The van der Waals surface area contributed by atoms with Crippen LogP contribution in [0.3, 0.4) is 0 Å². The van der Waals surface area contributed by atoms with Gasteiger partial charge in [0.25, 0.3) is 0 Å². The maximum absolute atomic E-state index is 6.05. The molecule has 0 aliphatic carbocycles. The van der Waals surface area contributed by atoms with E-state index in [4.69, 9.17) is 35.0 Å². The van der Waals surface area contributed by atoms with Gasteiger partial charge in [-0.25, -0.2) is 0 Å². The topological polar surface area (TPSA) is 0 Å². The molecule has 0 bridgehead atoms. The predicted octanol–water partition coefficient (Wildman–Crippen LogP) is 4.83. The summed E-state index contributed by atoms with van der Waals surface area (Å²) in [6.45, 7) is 2.17. The molecule has 0 N–H and O–H groups in total. The molecule has 0 aromatic heterocycles. The van der Waals surface area contributed by atoms with Crippen molar-refractivity contribution in [2.45, 2.75) is 13.3 Å². The highest BCUT2D eigenvalue weighted by Crippen LogP contribution is 2.44. The molecule has 0 spiro atoms. The fraction of sp³-hybridized carbons (Fsp3) is 0.200. The standard InChI is InChI=1S/C15H15Cl2PS/c1-2-11-18(19,14-7-3-12(16)4-8-14)15-9-5-13(17)6-10-15/h3-10H,2,11H2,1H3. The molecule has 100 valence electrons. The van der Waals surface area contributed by atoms with Crippen molar-refractivity contribution in [1.82, 2.24) is 0 Å². The van der Waals surface area contributed by atoms with Crippen LogP contribution in [-0.4, -0.2) is 6.16 Å². The van der Waals surface area contributed by atoms with E-state index >= 15 is 0 Å². The number of rotatable bonds is 4. The Kier molecular flexibility index (Phi) is 5.09. The summed E-state index contributed by atoms with van der Waals surface area (Å²) >= 11 is 18.0. The molecule has 2 aromatic rings. The van der Waals surface area contributed by atoms with Gasteiger partial charge >= 0.3 is 0 Å². The smallest absolute Gasteiger partial charge is 0.0406 e. The summed E-state index contributed by atoms with van der Waals surface area (Å²) in [6, 6.07) is 14.2. The number of halogens is 2. The summed E-state index contributed by atoms with van der Waals surface area (Å²) in [4.78, 5) is 0. The molecule has 0 aliphatic heterocycles. The Morgan fingerprint density at radius 3 is 1.53 bits per heavy atom. The van der Waals surface area contributed by atoms with Crippen LogP contribution in [0.25, 0.3) is 0 Å². The van der Waals surface area contributed by atoms with E-state index in [2.05, 4.69) is 31.2 Å². The first-order chi connectivity index (χ1) is 9.06. The van der Waals surface area contributed by atoms with E-state index in [1.165, 1.54) is 10.6 Å². The molecular weight excluding hydrogens is 314 g/mol. The third-order valence-corrected chi connectivity index (χ3v) is 8.68. The van der Waals surface area contributed by atoms with E-state index in [-0.39, 0.29) is 0 Å². The van der Waals surface area contributed by atoms with Crippen LogP contribution in [0.2, 0.25) is 10.0 Å². The van der Waals surface area contributed by atoms with E-state index in [0.717, 1.165) is 22.6 Å². The minimum Gasteiger partial charge on any atom is -0.0876 e. The van der Waals surface area contributed by atoms with Crippen LogP contribution >= 0.6 is 29.2 Å². The lowest BCUT2D eigenvalue weighted by atomic mass is 10.4. The quantitative estimate of drug-likeness (QED) is 0.724. The van der Waals surface area contributed by atoms with E-state index in [0.29, 0.717) is 0 Å². The third kappa shape index (κ3) is 3.41. The van der Waals surface area contributed by atoms with Gasteiger partial charge in [-0.1, -0.05) is 72.6 Å². The second-order valence-corrected chi connectivity index (χ2v) is 10.1. The lowest BCUT2D eigenvalue weighted by Gasteiger charge is -2.23. The van der Waals surface area contributed by atoms with Crippen LogP contribution in [-0.2, 0) is 11.8 Å². The molecular formula is C15H15Cl2PS. The van der Waals surface area contributed by atoms with E-state index in [9.17, 15) is 0 Å². The van der Waals surface area contributed by atoms with Gasteiger partial charge < -0.3 is 0 Å². The Hall–Kier alpha value is -0.330. The van der Waals surface area contributed by atoms with Crippen LogP contribution in [0, 0.1) is 0 Å². The lowest BCUT2D eigenvalue weighted by molar-refractivity contribution is 1.10. The van der Waals surface area contributed by atoms with Gasteiger partial charge in [0.05, 0.1) is 0 Å². The predicted molar refractivity (Wildman–Crippen MR) is 91.6 cm³/mol. The molecule has 0 saturated heterocycles. The van der Waals surface area contributed by atoms with E-state index in [1.807, 2.05) is 24.3 Å². The summed E-state index contributed by atoms with van der Waals surface area (Å²) in [6.07, 6.45) is 2.09. The number of hydrogen-bond donors (Lipinski definition) is 0. The molecule has 0 fully saturated rings. The first kappa shape index (κ1) is 15.1. The number of benzene rings is 2. The van der Waals surface area contributed by atoms with Crippen molar-refractivity contribution in [3.05, 3.63) is 58.6 Å². The normalized spacial score (nSPS) is 11.5. The van der Waals surface area contributed by atoms with Crippen molar-refractivity contribution in [2.24, 2.45) is 0 Å². The summed E-state index contributed by atoms with van der Waals surface area (Å²) in [5.41, 5.74) is 0. The van der Waals surface area contributed by atoms with E-state index in [1.54, 1.807) is 0 Å². The first-order valence-corrected chi connectivity index (χ1v) is 9.92. The van der Waals surface area contributed by atoms with Gasteiger partial charge in [0.2, 0.25) is 0 Å². The third-order valence-electron chi connectivity index (χ3n) is 3.03. The molecule has 0 nitrogen and oxygen atoms in total. The van der Waals surface area contributed by atoms with Gasteiger partial charge in [-0.05, 0) is 41.0 Å². The molecule has 2 rings (SSSR count). The fourth-order valence-corrected chi connectivity index (χ4v) is 6.32. The zero-order valence-corrected chi connectivity index (χ0v) is 13.9. The lowest BCUT2D eigenvalue weighted by Crippen LogP contribution is -2.18. The highest BCUT2D eigenvalue weighted by molar-refractivity contribution is 8.21. The zero-order chi connectivity index (χ0) is 13.9. The van der Waals surface area contributed by atoms with Crippen molar-refractivity contribution in [1.29, 1.82) is 0 Å². The minimum absolute atomic E-state index is 0.748. The van der Waals surface area contributed by atoms with Crippen molar-refractivity contribution >= 4 is 51.7 Å². The summed E-state index contributed by atoms with van der Waals surface area (Å²) in [7, 11) is 0. The Balaban J connectivity index is 2.51. The van der Waals surface area contributed by atoms with Gasteiger partial charge in [0.1, 0.15) is 0 Å². The first-order valence-electron chi connectivity index (χ1n) is 6.17. The molecule has 0 aliphatic rings. The molecule has 0 amide bonds. The summed E-state index contributed by atoms with van der Waals surface area (Å²) in [5.74, 6) is 0. The SMILES string of the molecule is CCCP(=S)(c1ccc(Cl)cc1)c1ccc(Cl)cc1. The average Bonchev–Trinajstić information content (AvgIpc) is 2.40. The van der Waals surface area contributed by atoms with Crippen LogP contribution in [0.4, 0.5) is 0 Å². The molecule has 0 heterocycles. The van der Waals surface area contributed by atoms with Crippen LogP contribution < -0.4 is 10.6 Å². The molecule has 0 radical (unpaired) electrons. The summed E-state index contributed by atoms with van der Waals surface area (Å²) < 4.78 is 0. The minimum atomic E-state index is -1.75. The van der Waals surface area contributed by atoms with Crippen molar-refractivity contribution < 1.29 is 0 Å². The molecule has 0 atom stereocenters. The van der Waals surface area contributed by atoms with Gasteiger partial charge in [-0.2, -0.15) is 0 Å². The Morgan fingerprint density at radius 2 is 1.21 bits per heavy atom. The van der Waals surface area contributed by atoms with Crippen LogP contribution in [0.1, 0.15) is 13.3 Å². The molecule has 19 heavy (non-hydrogen) atoms. The highest BCUT2D eigenvalue weighted by atomic mass is 35.5. The molecule has 2 aromatic carbocycles. The van der Waals surface area contributed by atoms with Gasteiger partial charge in [-0.3, -0.25) is 0 Å². The van der Waals surface area contributed by atoms with Crippen molar-refractivity contribution in [3.63, 3.8) is 0 Å². The Morgan fingerprint density at radius 1 is 0.842 bits per heavy atom.